The van der Waals surface area contributed by atoms with E-state index in [2.05, 4.69) is 215 Å². The Kier molecular flexibility index (Phi) is 8.46. The van der Waals surface area contributed by atoms with Crippen molar-refractivity contribution in [2.24, 2.45) is 0 Å². The second-order valence-corrected chi connectivity index (χ2v) is 16.5. The molecule has 65 heavy (non-hydrogen) atoms. The van der Waals surface area contributed by atoms with E-state index in [1.54, 1.807) is 0 Å². The van der Waals surface area contributed by atoms with E-state index in [-0.39, 0.29) is 0 Å². The fraction of sp³-hybridized carbons (Fsp3) is 0. The Balaban J connectivity index is 1.05. The summed E-state index contributed by atoms with van der Waals surface area (Å²) in [6, 6.07) is 84.0. The van der Waals surface area contributed by atoms with E-state index in [1.165, 1.54) is 16.3 Å². The lowest BCUT2D eigenvalue weighted by Gasteiger charge is -2.34. The number of rotatable bonds is 7. The first-order valence-electron chi connectivity index (χ1n) is 22.0. The van der Waals surface area contributed by atoms with Gasteiger partial charge in [-0.3, -0.25) is 0 Å². The molecule has 3 heterocycles. The van der Waals surface area contributed by atoms with Crippen LogP contribution in [0.5, 0.6) is 11.5 Å². The van der Waals surface area contributed by atoms with Crippen molar-refractivity contribution in [1.29, 1.82) is 0 Å². The smallest absolute Gasteiger partial charge is 0.151 e. The molecular formula is C60H39N3O2. The average Bonchev–Trinajstić information content (AvgIpc) is 3.93. The first kappa shape index (κ1) is 36.8. The number of nitrogens with zero attached hydrogens (tertiary/aromatic N) is 3. The van der Waals surface area contributed by atoms with E-state index in [0.717, 1.165) is 101 Å². The van der Waals surface area contributed by atoms with Crippen LogP contribution in [0, 0.1) is 0 Å². The summed E-state index contributed by atoms with van der Waals surface area (Å²) in [5.74, 6) is 1.61. The Morgan fingerprint density at radius 3 is 1.55 bits per heavy atom. The molecule has 1 aliphatic heterocycles. The van der Waals surface area contributed by atoms with E-state index in [9.17, 15) is 0 Å². The maximum atomic E-state index is 6.54. The van der Waals surface area contributed by atoms with E-state index in [1.807, 2.05) is 36.4 Å². The van der Waals surface area contributed by atoms with Gasteiger partial charge in [0.25, 0.3) is 0 Å². The van der Waals surface area contributed by atoms with Crippen LogP contribution in [0.1, 0.15) is 0 Å². The fourth-order valence-electron chi connectivity index (χ4n) is 9.80. The molecule has 0 spiro atoms. The summed E-state index contributed by atoms with van der Waals surface area (Å²) < 4.78 is 15.5. The topological polar surface area (TPSA) is 33.8 Å². The number of anilines is 6. The van der Waals surface area contributed by atoms with Gasteiger partial charge in [-0.2, -0.15) is 0 Å². The van der Waals surface area contributed by atoms with Crippen molar-refractivity contribution in [3.63, 3.8) is 0 Å². The lowest BCUT2D eigenvalue weighted by atomic mass is 10.0. The molecule has 5 nitrogen and oxygen atoms in total. The molecule has 0 radical (unpaired) electrons. The van der Waals surface area contributed by atoms with Crippen molar-refractivity contribution < 1.29 is 9.15 Å². The molecule has 0 saturated heterocycles. The molecule has 10 aromatic carbocycles. The van der Waals surface area contributed by atoms with Crippen LogP contribution in [0.3, 0.4) is 0 Å². The zero-order valence-electron chi connectivity index (χ0n) is 35.2. The number of aromatic nitrogens is 1. The predicted octanol–water partition coefficient (Wildman–Crippen LogP) is 17.1. The van der Waals surface area contributed by atoms with Crippen LogP contribution >= 0.6 is 0 Å². The SMILES string of the molecule is c1ccc(-c2ccc(N(c3ccc(-c4cccc5c4oc4ccccc45)cc3)c3cc(N4c5ccccc5Oc5ccccc54)cc(-n4c5ccccc5c5ccccc54)c3)cc2)cc1. The van der Waals surface area contributed by atoms with Crippen LogP contribution in [-0.4, -0.2) is 4.57 Å². The summed E-state index contributed by atoms with van der Waals surface area (Å²) in [6.45, 7) is 0. The van der Waals surface area contributed by atoms with Crippen LogP contribution < -0.4 is 14.5 Å². The van der Waals surface area contributed by atoms with E-state index in [0.29, 0.717) is 0 Å². The minimum absolute atomic E-state index is 0.804. The molecule has 1 aliphatic rings. The zero-order valence-corrected chi connectivity index (χ0v) is 35.2. The number of para-hydroxylation sites is 8. The lowest BCUT2D eigenvalue weighted by molar-refractivity contribution is 0.477. The third-order valence-electron chi connectivity index (χ3n) is 12.7. The Morgan fingerprint density at radius 2 is 0.877 bits per heavy atom. The molecule has 0 fully saturated rings. The molecule has 13 rings (SSSR count). The van der Waals surface area contributed by atoms with Gasteiger partial charge in [-0.05, 0) is 102 Å². The summed E-state index contributed by atoms with van der Waals surface area (Å²) in [4.78, 5) is 4.71. The highest BCUT2D eigenvalue weighted by atomic mass is 16.5. The Morgan fingerprint density at radius 1 is 0.354 bits per heavy atom. The largest absolute Gasteiger partial charge is 0.455 e. The van der Waals surface area contributed by atoms with Gasteiger partial charge in [0.15, 0.2) is 11.5 Å². The average molecular weight is 834 g/mol. The molecule has 12 aromatic rings. The van der Waals surface area contributed by atoms with Gasteiger partial charge in [0.1, 0.15) is 11.2 Å². The molecule has 0 aliphatic carbocycles. The molecule has 0 N–H and O–H groups in total. The van der Waals surface area contributed by atoms with E-state index < -0.39 is 0 Å². The summed E-state index contributed by atoms with van der Waals surface area (Å²) in [5.41, 5.74) is 15.6. The molecule has 306 valence electrons. The van der Waals surface area contributed by atoms with E-state index >= 15 is 0 Å². The van der Waals surface area contributed by atoms with Gasteiger partial charge in [-0.25, -0.2) is 0 Å². The number of hydrogen-bond donors (Lipinski definition) is 0. The monoisotopic (exact) mass is 833 g/mol. The molecule has 5 heteroatoms. The van der Waals surface area contributed by atoms with Crippen molar-refractivity contribution in [2.75, 3.05) is 9.80 Å². The predicted molar refractivity (Wildman–Crippen MR) is 268 cm³/mol. The fourth-order valence-corrected chi connectivity index (χ4v) is 9.80. The highest BCUT2D eigenvalue weighted by Crippen LogP contribution is 2.52. The van der Waals surface area contributed by atoms with Gasteiger partial charge in [-0.1, -0.05) is 152 Å². The van der Waals surface area contributed by atoms with Crippen molar-refractivity contribution in [2.45, 2.75) is 0 Å². The quantitative estimate of drug-likeness (QED) is 0.160. The van der Waals surface area contributed by atoms with E-state index in [4.69, 9.17) is 9.15 Å². The number of benzene rings is 10. The normalized spacial score (nSPS) is 12.1. The number of hydrogen-bond acceptors (Lipinski definition) is 4. The van der Waals surface area contributed by atoms with Crippen molar-refractivity contribution in [3.8, 4) is 39.4 Å². The highest BCUT2D eigenvalue weighted by molar-refractivity contribution is 6.10. The van der Waals surface area contributed by atoms with Gasteiger partial charge in [-0.15, -0.1) is 0 Å². The minimum Gasteiger partial charge on any atom is -0.455 e. The molecule has 0 amide bonds. The van der Waals surface area contributed by atoms with Gasteiger partial charge in [0, 0.05) is 38.5 Å². The first-order valence-corrected chi connectivity index (χ1v) is 22.0. The molecular weight excluding hydrogens is 795 g/mol. The molecule has 0 unspecified atom stereocenters. The Labute approximate surface area is 375 Å². The summed E-state index contributed by atoms with van der Waals surface area (Å²) in [5, 5.41) is 4.65. The van der Waals surface area contributed by atoms with Crippen LogP contribution in [0.15, 0.2) is 241 Å². The van der Waals surface area contributed by atoms with Gasteiger partial charge in [0.05, 0.1) is 39.5 Å². The number of fused-ring (bicyclic) bond motifs is 8. The second kappa shape index (κ2) is 14.9. The van der Waals surface area contributed by atoms with Gasteiger partial charge >= 0.3 is 0 Å². The van der Waals surface area contributed by atoms with Crippen LogP contribution in [0.25, 0.3) is 71.7 Å². The van der Waals surface area contributed by atoms with Crippen molar-refractivity contribution >= 4 is 77.9 Å². The molecule has 0 bridgehead atoms. The standard InChI is InChI=1S/C60H39N3O2/c1-2-15-40(16-3-1)41-29-33-43(34-30-41)61(44-35-31-42(32-36-44)48-20-14-21-52-51-19-6-11-26-57(51)65-60(48)52)45-37-46(62-53-22-7-4-17-49(53)50-18-5-8-23-54(50)62)39-47(38-45)63-55-24-9-12-27-58(55)64-59-28-13-10-25-56(59)63/h1-39H. The maximum absolute atomic E-state index is 6.54. The summed E-state index contributed by atoms with van der Waals surface area (Å²) in [7, 11) is 0. The Hall–Kier alpha value is -8.80. The van der Waals surface area contributed by atoms with Gasteiger partial charge in [0.2, 0.25) is 0 Å². The first-order chi connectivity index (χ1) is 32.2. The maximum Gasteiger partial charge on any atom is 0.151 e. The highest BCUT2D eigenvalue weighted by Gasteiger charge is 2.28. The number of furan rings is 1. The lowest BCUT2D eigenvalue weighted by Crippen LogP contribution is -2.17. The minimum atomic E-state index is 0.804. The Bertz CT molecular complexity index is 3660. The second-order valence-electron chi connectivity index (χ2n) is 16.5. The summed E-state index contributed by atoms with van der Waals surface area (Å²) >= 11 is 0. The van der Waals surface area contributed by atoms with Crippen molar-refractivity contribution in [1.82, 2.24) is 4.57 Å². The molecule has 0 atom stereocenters. The third-order valence-corrected chi connectivity index (χ3v) is 12.7. The molecule has 0 saturated carbocycles. The van der Waals surface area contributed by atoms with Gasteiger partial charge < -0.3 is 23.5 Å². The van der Waals surface area contributed by atoms with Crippen LogP contribution in [0.4, 0.5) is 34.1 Å². The molecule has 2 aromatic heterocycles. The summed E-state index contributed by atoms with van der Waals surface area (Å²) in [6.07, 6.45) is 0. The number of ether oxygens (including phenoxy) is 1. The van der Waals surface area contributed by atoms with Crippen LogP contribution in [-0.2, 0) is 0 Å². The van der Waals surface area contributed by atoms with Crippen LogP contribution in [0.2, 0.25) is 0 Å². The van der Waals surface area contributed by atoms with Crippen molar-refractivity contribution in [3.05, 3.63) is 237 Å². The third kappa shape index (κ3) is 6.09. The zero-order chi connectivity index (χ0) is 42.8.